The lowest BCUT2D eigenvalue weighted by Gasteiger charge is -2.14. The third kappa shape index (κ3) is 9.70. The number of amides is 2. The fourth-order valence-electron chi connectivity index (χ4n) is 4.41. The maximum atomic E-state index is 13.2. The number of hydrogen-bond donors (Lipinski definition) is 2. The van der Waals surface area contributed by atoms with Gasteiger partial charge in [0, 0.05) is 30.3 Å². The number of nitrogens with zero attached hydrogens (tertiary/aromatic N) is 4. The van der Waals surface area contributed by atoms with E-state index >= 15 is 0 Å². The van der Waals surface area contributed by atoms with Gasteiger partial charge in [0.05, 0.1) is 45.3 Å². The van der Waals surface area contributed by atoms with E-state index in [1.54, 1.807) is 18.7 Å². The summed E-state index contributed by atoms with van der Waals surface area (Å²) in [5.74, 6) is 0.538. The quantitative estimate of drug-likeness (QED) is 0.192. The summed E-state index contributed by atoms with van der Waals surface area (Å²) in [7, 11) is 1.63. The Labute approximate surface area is 253 Å². The number of methoxy groups -OCH3 is 1. The average molecular weight is 599 g/mol. The first-order valence-electron chi connectivity index (χ1n) is 15.1. The number of aromatic nitrogens is 4. The minimum absolute atomic E-state index is 0.0366. The zero-order valence-electron chi connectivity index (χ0n) is 26.3. The molecule has 0 saturated carbocycles. The number of oxazole rings is 1. The molecule has 0 fully saturated rings. The van der Waals surface area contributed by atoms with Crippen LogP contribution in [0.25, 0.3) is 22.8 Å². The predicted octanol–water partition coefficient (Wildman–Crippen LogP) is 4.42. The number of nitrogens with one attached hydrogen (secondary N) is 2. The number of aryl methyl sites for hydroxylation is 1. The Kier molecular flexibility index (Phi) is 13.8. The van der Waals surface area contributed by atoms with Crippen molar-refractivity contribution in [2.75, 3.05) is 40.1 Å². The average Bonchev–Trinajstić information content (AvgIpc) is 3.64. The molecule has 0 atom stereocenters. The summed E-state index contributed by atoms with van der Waals surface area (Å²) in [6.07, 6.45) is 3.28. The number of carbonyl (C=O) groups excluding carboxylic acids is 2. The van der Waals surface area contributed by atoms with Gasteiger partial charge in [-0.15, -0.1) is 0 Å². The van der Waals surface area contributed by atoms with E-state index in [2.05, 4.69) is 25.7 Å². The Bertz CT molecular complexity index is 1300. The molecule has 0 unspecified atom stereocenters. The largest absolute Gasteiger partial charge is 0.431 e. The maximum absolute atomic E-state index is 13.2. The first kappa shape index (κ1) is 33.9. The molecule has 0 radical (unpaired) electrons. The topological polar surface area (TPSA) is 143 Å². The van der Waals surface area contributed by atoms with Gasteiger partial charge in [0.15, 0.2) is 5.82 Å². The fraction of sp³-hybridized carbons (Fsp3) is 0.581. The zero-order chi connectivity index (χ0) is 31.2. The van der Waals surface area contributed by atoms with Crippen molar-refractivity contribution < 1.29 is 28.2 Å². The van der Waals surface area contributed by atoms with Gasteiger partial charge in [-0.2, -0.15) is 5.10 Å². The molecule has 0 saturated heterocycles. The molecule has 0 bridgehead atoms. The van der Waals surface area contributed by atoms with E-state index in [9.17, 15) is 9.59 Å². The second-order valence-corrected chi connectivity index (χ2v) is 10.2. The third-order valence-corrected chi connectivity index (χ3v) is 7.14. The lowest BCUT2D eigenvalue weighted by atomic mass is 10.1. The van der Waals surface area contributed by atoms with Crippen LogP contribution in [-0.4, -0.2) is 83.8 Å². The van der Waals surface area contributed by atoms with Gasteiger partial charge in [0.2, 0.25) is 17.5 Å². The molecular formula is C31H46N6O6. The first-order valence-corrected chi connectivity index (χ1v) is 15.1. The van der Waals surface area contributed by atoms with Gasteiger partial charge in [-0.05, 0) is 44.7 Å². The Morgan fingerprint density at radius 1 is 0.860 bits per heavy atom. The number of ether oxygens (including phenoxy) is 3. The molecule has 2 N–H and O–H groups in total. The van der Waals surface area contributed by atoms with Crippen molar-refractivity contribution in [3.8, 4) is 22.8 Å². The van der Waals surface area contributed by atoms with Gasteiger partial charge in [-0.25, -0.2) is 14.6 Å². The van der Waals surface area contributed by atoms with E-state index in [4.69, 9.17) is 18.6 Å². The highest BCUT2D eigenvalue weighted by atomic mass is 16.5. The van der Waals surface area contributed by atoms with Crippen LogP contribution < -0.4 is 10.6 Å². The van der Waals surface area contributed by atoms with Crippen LogP contribution in [0.2, 0.25) is 0 Å². The first-order chi connectivity index (χ1) is 20.8. The fourth-order valence-corrected chi connectivity index (χ4v) is 4.41. The van der Waals surface area contributed by atoms with Crippen molar-refractivity contribution in [1.82, 2.24) is 30.4 Å². The smallest absolute Gasteiger partial charge is 0.289 e. The lowest BCUT2D eigenvalue weighted by Crippen LogP contribution is -2.35. The van der Waals surface area contributed by atoms with Gasteiger partial charge in [0.25, 0.3) is 11.8 Å². The van der Waals surface area contributed by atoms with Crippen molar-refractivity contribution in [2.45, 2.75) is 78.9 Å². The molecule has 12 heteroatoms. The van der Waals surface area contributed by atoms with Crippen LogP contribution in [0.5, 0.6) is 0 Å². The zero-order valence-corrected chi connectivity index (χ0v) is 26.3. The number of rotatable bonds is 19. The van der Waals surface area contributed by atoms with E-state index in [-0.39, 0.29) is 35.5 Å². The normalized spacial score (nSPS) is 11.4. The van der Waals surface area contributed by atoms with Gasteiger partial charge >= 0.3 is 0 Å². The van der Waals surface area contributed by atoms with E-state index in [1.807, 2.05) is 52.0 Å². The standard InChI is InChI=1S/C31H46N6O6/c1-7-24(8-2)33-29(38)26-21(5)32-31(43-26)23-13-11-12-22(20-23)27-35-28(30(39)34-25(9-3)10-4)37(36-27)14-15-41-18-19-42-17-16-40-6/h11-13,20,24-25H,7-10,14-19H2,1-6H3,(H,33,38)(H,34,39). The van der Waals surface area contributed by atoms with Crippen LogP contribution in [0, 0.1) is 6.92 Å². The van der Waals surface area contributed by atoms with Crippen LogP contribution in [0.15, 0.2) is 28.7 Å². The van der Waals surface area contributed by atoms with Gasteiger partial charge in [-0.1, -0.05) is 39.8 Å². The molecule has 0 aliphatic heterocycles. The van der Waals surface area contributed by atoms with Crippen LogP contribution >= 0.6 is 0 Å². The van der Waals surface area contributed by atoms with E-state index < -0.39 is 0 Å². The summed E-state index contributed by atoms with van der Waals surface area (Å²) >= 11 is 0. The predicted molar refractivity (Wildman–Crippen MR) is 163 cm³/mol. The van der Waals surface area contributed by atoms with Crippen molar-refractivity contribution >= 4 is 11.8 Å². The molecule has 0 aliphatic carbocycles. The Morgan fingerprint density at radius 2 is 1.47 bits per heavy atom. The van der Waals surface area contributed by atoms with Crippen molar-refractivity contribution in [3.05, 3.63) is 41.5 Å². The molecule has 0 aliphatic rings. The Balaban J connectivity index is 1.81. The van der Waals surface area contributed by atoms with Crippen molar-refractivity contribution in [2.24, 2.45) is 0 Å². The minimum Gasteiger partial charge on any atom is -0.431 e. The van der Waals surface area contributed by atoms with Crippen molar-refractivity contribution in [1.29, 1.82) is 0 Å². The van der Waals surface area contributed by atoms with Crippen molar-refractivity contribution in [3.63, 3.8) is 0 Å². The molecule has 3 aromatic rings. The monoisotopic (exact) mass is 598 g/mol. The summed E-state index contributed by atoms with van der Waals surface area (Å²) in [6.45, 7) is 12.4. The molecule has 2 heterocycles. The highest BCUT2D eigenvalue weighted by Gasteiger charge is 2.23. The summed E-state index contributed by atoms with van der Waals surface area (Å²) in [5.41, 5.74) is 1.85. The number of benzene rings is 1. The molecular weight excluding hydrogens is 552 g/mol. The highest BCUT2D eigenvalue weighted by Crippen LogP contribution is 2.26. The maximum Gasteiger partial charge on any atom is 0.289 e. The van der Waals surface area contributed by atoms with Crippen LogP contribution in [0.3, 0.4) is 0 Å². The molecule has 12 nitrogen and oxygen atoms in total. The summed E-state index contributed by atoms with van der Waals surface area (Å²) in [6, 6.07) is 7.49. The van der Waals surface area contributed by atoms with Gasteiger partial charge in [-0.3, -0.25) is 9.59 Å². The lowest BCUT2D eigenvalue weighted by molar-refractivity contribution is 0.0224. The molecule has 236 valence electrons. The van der Waals surface area contributed by atoms with Gasteiger partial charge < -0.3 is 29.3 Å². The summed E-state index contributed by atoms with van der Waals surface area (Å²) in [5, 5.41) is 10.7. The van der Waals surface area contributed by atoms with E-state index in [0.29, 0.717) is 68.1 Å². The highest BCUT2D eigenvalue weighted by molar-refractivity contribution is 5.93. The molecule has 2 aromatic heterocycles. The second kappa shape index (κ2) is 17.5. The van der Waals surface area contributed by atoms with Gasteiger partial charge in [0.1, 0.15) is 0 Å². The van der Waals surface area contributed by atoms with E-state index in [0.717, 1.165) is 25.7 Å². The SMILES string of the molecule is CCC(CC)NC(=O)c1oc(-c2cccc(-c3nc(C(=O)NC(CC)CC)n(CCOCCOCCOC)n3)c2)nc1C. The molecule has 1 aromatic carbocycles. The van der Waals surface area contributed by atoms with Crippen LogP contribution in [0.4, 0.5) is 0 Å². The Morgan fingerprint density at radius 3 is 2.12 bits per heavy atom. The summed E-state index contributed by atoms with van der Waals surface area (Å²) < 4.78 is 23.6. The van der Waals surface area contributed by atoms with E-state index in [1.165, 1.54) is 0 Å². The third-order valence-electron chi connectivity index (χ3n) is 7.14. The molecule has 2 amide bonds. The molecule has 0 spiro atoms. The van der Waals surface area contributed by atoms with Crippen LogP contribution in [-0.2, 0) is 20.8 Å². The van der Waals surface area contributed by atoms with Crippen LogP contribution in [0.1, 0.15) is 80.2 Å². The number of hydrogen-bond acceptors (Lipinski definition) is 9. The minimum atomic E-state index is -0.289. The molecule has 43 heavy (non-hydrogen) atoms. The number of carbonyl (C=O) groups is 2. The Hall–Kier alpha value is -3.61. The molecule has 3 rings (SSSR count). The second-order valence-electron chi connectivity index (χ2n) is 10.2. The summed E-state index contributed by atoms with van der Waals surface area (Å²) in [4.78, 5) is 35.2.